The second kappa shape index (κ2) is 11.5. The molecule has 2 aromatic rings. The van der Waals surface area contributed by atoms with Crippen LogP contribution < -0.4 is 10.6 Å². The maximum atomic E-state index is 13.3. The SMILES string of the molecule is COC[C@H]1CCCN1Cc1ccc(NC(=O)c2csc(Br)n2)c(C(=O)NC2CCOCC2)c1. The molecule has 0 saturated carbocycles. The highest BCUT2D eigenvalue weighted by atomic mass is 79.9. The van der Waals surface area contributed by atoms with Crippen molar-refractivity contribution in [1.82, 2.24) is 15.2 Å². The van der Waals surface area contributed by atoms with E-state index in [4.69, 9.17) is 9.47 Å². The molecule has 0 unspecified atom stereocenters. The van der Waals surface area contributed by atoms with Crippen molar-refractivity contribution in [2.24, 2.45) is 0 Å². The van der Waals surface area contributed by atoms with Gasteiger partial charge in [-0.05, 0) is 65.9 Å². The predicted molar refractivity (Wildman–Crippen MR) is 131 cm³/mol. The summed E-state index contributed by atoms with van der Waals surface area (Å²) >= 11 is 4.62. The lowest BCUT2D eigenvalue weighted by molar-refractivity contribution is 0.0696. The molecule has 2 amide bonds. The first-order valence-electron chi connectivity index (χ1n) is 11.2. The van der Waals surface area contributed by atoms with Crippen LogP contribution in [0.4, 0.5) is 5.69 Å². The number of rotatable bonds is 8. The number of hydrogen-bond donors (Lipinski definition) is 2. The van der Waals surface area contributed by atoms with Gasteiger partial charge in [0.25, 0.3) is 11.8 Å². The molecule has 3 heterocycles. The molecule has 0 spiro atoms. The van der Waals surface area contributed by atoms with Crippen LogP contribution in [0.25, 0.3) is 0 Å². The van der Waals surface area contributed by atoms with E-state index in [2.05, 4.69) is 36.4 Å². The number of ether oxygens (including phenoxy) is 2. The Kier molecular flexibility index (Phi) is 8.48. The molecule has 10 heteroatoms. The molecule has 2 saturated heterocycles. The fraction of sp³-hybridized carbons (Fsp3) is 0.522. The van der Waals surface area contributed by atoms with Crippen LogP contribution in [-0.2, 0) is 16.0 Å². The molecular weight excluding hydrogens is 508 g/mol. The van der Waals surface area contributed by atoms with Crippen molar-refractivity contribution in [3.63, 3.8) is 0 Å². The predicted octanol–water partition coefficient (Wildman–Crippen LogP) is 3.68. The third kappa shape index (κ3) is 6.39. The average Bonchev–Trinajstić information content (AvgIpc) is 3.44. The minimum atomic E-state index is -0.343. The molecule has 0 bridgehead atoms. The number of halogens is 1. The van der Waals surface area contributed by atoms with E-state index < -0.39 is 0 Å². The summed E-state index contributed by atoms with van der Waals surface area (Å²) in [6.07, 6.45) is 3.82. The van der Waals surface area contributed by atoms with Crippen LogP contribution in [0.15, 0.2) is 27.5 Å². The molecule has 8 nitrogen and oxygen atoms in total. The number of likely N-dealkylation sites (tertiary alicyclic amines) is 1. The zero-order valence-electron chi connectivity index (χ0n) is 18.6. The molecule has 1 aromatic carbocycles. The Morgan fingerprint density at radius 3 is 2.82 bits per heavy atom. The number of carbonyl (C=O) groups is 2. The van der Waals surface area contributed by atoms with Gasteiger partial charge < -0.3 is 20.1 Å². The lowest BCUT2D eigenvalue weighted by Gasteiger charge is -2.25. The Labute approximate surface area is 206 Å². The summed E-state index contributed by atoms with van der Waals surface area (Å²) in [5.41, 5.74) is 2.28. The third-order valence-corrected chi connectivity index (χ3v) is 7.45. The fourth-order valence-electron chi connectivity index (χ4n) is 4.35. The highest BCUT2D eigenvalue weighted by molar-refractivity contribution is 9.11. The standard InChI is InChI=1S/C23H29BrN4O4S/c1-31-13-17-3-2-8-28(17)12-15-4-5-19(26-22(30)20-14-33-23(24)27-20)18(11-15)21(29)25-16-6-9-32-10-7-16/h4-5,11,14,16-17H,2-3,6-10,12-13H2,1H3,(H,25,29)(H,26,30)/t17-/m1/s1. The van der Waals surface area contributed by atoms with Gasteiger partial charge in [0.05, 0.1) is 17.9 Å². The van der Waals surface area contributed by atoms with Gasteiger partial charge in [-0.15, -0.1) is 11.3 Å². The summed E-state index contributed by atoms with van der Waals surface area (Å²) in [6, 6.07) is 6.13. The largest absolute Gasteiger partial charge is 0.383 e. The highest BCUT2D eigenvalue weighted by Crippen LogP contribution is 2.25. The lowest BCUT2D eigenvalue weighted by Crippen LogP contribution is -2.39. The molecule has 2 aliphatic rings. The molecular formula is C23H29BrN4O4S. The van der Waals surface area contributed by atoms with Gasteiger partial charge in [-0.1, -0.05) is 6.07 Å². The Balaban J connectivity index is 1.55. The minimum Gasteiger partial charge on any atom is -0.383 e. The molecule has 0 aliphatic carbocycles. The van der Waals surface area contributed by atoms with E-state index >= 15 is 0 Å². The summed E-state index contributed by atoms with van der Waals surface area (Å²) in [6.45, 7) is 3.73. The molecule has 1 atom stereocenters. The molecule has 0 radical (unpaired) electrons. The molecule has 33 heavy (non-hydrogen) atoms. The number of benzene rings is 1. The maximum Gasteiger partial charge on any atom is 0.275 e. The number of thiazole rings is 1. The van der Waals surface area contributed by atoms with E-state index in [1.165, 1.54) is 11.3 Å². The van der Waals surface area contributed by atoms with Gasteiger partial charge in [0.2, 0.25) is 0 Å². The normalized spacial score (nSPS) is 19.5. The number of nitrogens with zero attached hydrogens (tertiary/aromatic N) is 2. The number of methoxy groups -OCH3 is 1. The van der Waals surface area contributed by atoms with Crippen molar-refractivity contribution in [1.29, 1.82) is 0 Å². The van der Waals surface area contributed by atoms with Crippen molar-refractivity contribution in [2.75, 3.05) is 38.8 Å². The van der Waals surface area contributed by atoms with Gasteiger partial charge in [-0.2, -0.15) is 0 Å². The first-order valence-corrected chi connectivity index (χ1v) is 12.9. The summed E-state index contributed by atoms with van der Waals surface area (Å²) < 4.78 is 11.4. The van der Waals surface area contributed by atoms with Crippen LogP contribution in [0.3, 0.4) is 0 Å². The van der Waals surface area contributed by atoms with E-state index in [-0.39, 0.29) is 17.9 Å². The summed E-state index contributed by atoms with van der Waals surface area (Å²) in [5, 5.41) is 7.67. The topological polar surface area (TPSA) is 92.8 Å². The lowest BCUT2D eigenvalue weighted by atomic mass is 10.0. The van der Waals surface area contributed by atoms with E-state index in [1.54, 1.807) is 12.5 Å². The van der Waals surface area contributed by atoms with Crippen molar-refractivity contribution in [3.05, 3.63) is 44.3 Å². The quantitative estimate of drug-likeness (QED) is 0.534. The number of nitrogens with one attached hydrogen (secondary N) is 2. The van der Waals surface area contributed by atoms with Crippen LogP contribution in [-0.4, -0.2) is 67.3 Å². The smallest absolute Gasteiger partial charge is 0.275 e. The van der Waals surface area contributed by atoms with E-state index in [0.717, 1.165) is 44.3 Å². The Morgan fingerprint density at radius 1 is 1.27 bits per heavy atom. The van der Waals surface area contributed by atoms with Crippen molar-refractivity contribution in [2.45, 2.75) is 44.3 Å². The van der Waals surface area contributed by atoms with Crippen LogP contribution in [0, 0.1) is 0 Å². The van der Waals surface area contributed by atoms with Gasteiger partial charge in [0.1, 0.15) is 5.69 Å². The summed E-state index contributed by atoms with van der Waals surface area (Å²) in [4.78, 5) is 32.5. The van der Waals surface area contributed by atoms with Crippen molar-refractivity contribution < 1.29 is 19.1 Å². The van der Waals surface area contributed by atoms with Gasteiger partial charge in [-0.3, -0.25) is 14.5 Å². The number of carbonyl (C=O) groups excluding carboxylic acids is 2. The van der Waals surface area contributed by atoms with Gasteiger partial charge >= 0.3 is 0 Å². The van der Waals surface area contributed by atoms with Crippen LogP contribution in [0.2, 0.25) is 0 Å². The second-order valence-electron chi connectivity index (χ2n) is 8.40. The zero-order valence-corrected chi connectivity index (χ0v) is 21.0. The van der Waals surface area contributed by atoms with Gasteiger partial charge in [0.15, 0.2) is 3.92 Å². The number of anilines is 1. The van der Waals surface area contributed by atoms with Crippen molar-refractivity contribution >= 4 is 44.8 Å². The number of hydrogen-bond acceptors (Lipinski definition) is 7. The number of aromatic nitrogens is 1. The zero-order chi connectivity index (χ0) is 23.2. The van der Waals surface area contributed by atoms with Crippen molar-refractivity contribution in [3.8, 4) is 0 Å². The highest BCUT2D eigenvalue weighted by Gasteiger charge is 2.26. The summed E-state index contributed by atoms with van der Waals surface area (Å²) in [5.74, 6) is -0.530. The van der Waals surface area contributed by atoms with Crippen LogP contribution >= 0.6 is 27.3 Å². The maximum absolute atomic E-state index is 13.3. The fourth-order valence-corrected chi connectivity index (χ4v) is 5.34. The monoisotopic (exact) mass is 536 g/mol. The summed E-state index contributed by atoms with van der Waals surface area (Å²) in [7, 11) is 1.73. The van der Waals surface area contributed by atoms with Crippen LogP contribution in [0.1, 0.15) is 52.1 Å². The molecule has 178 valence electrons. The number of amides is 2. The molecule has 4 rings (SSSR count). The molecule has 2 N–H and O–H groups in total. The second-order valence-corrected chi connectivity index (χ2v) is 10.5. The Morgan fingerprint density at radius 2 is 2.09 bits per heavy atom. The first-order chi connectivity index (χ1) is 16.0. The van der Waals surface area contributed by atoms with E-state index in [9.17, 15) is 9.59 Å². The Hall–Kier alpha value is -1.85. The van der Waals surface area contributed by atoms with Crippen LogP contribution in [0.5, 0.6) is 0 Å². The molecule has 2 fully saturated rings. The van der Waals surface area contributed by atoms with Gasteiger partial charge in [0, 0.05) is 44.3 Å². The van der Waals surface area contributed by atoms with Gasteiger partial charge in [-0.25, -0.2) is 4.98 Å². The third-order valence-electron chi connectivity index (χ3n) is 6.09. The Bertz CT molecular complexity index is 979. The first kappa shape index (κ1) is 24.3. The average molecular weight is 537 g/mol. The minimum absolute atomic E-state index is 0.0672. The van der Waals surface area contributed by atoms with E-state index in [0.29, 0.717) is 46.7 Å². The molecule has 1 aromatic heterocycles. The van der Waals surface area contributed by atoms with E-state index in [1.807, 2.05) is 18.2 Å². The molecule has 2 aliphatic heterocycles.